The molecule has 144 valence electrons. The topological polar surface area (TPSA) is 116 Å². The van der Waals surface area contributed by atoms with Gasteiger partial charge in [-0.15, -0.1) is 0 Å². The second-order valence-electron chi connectivity index (χ2n) is 6.30. The zero-order valence-electron chi connectivity index (χ0n) is 15.2. The largest absolute Gasteiger partial charge is 0.393 e. The average Bonchev–Trinajstić information content (AvgIpc) is 3.04. The minimum atomic E-state index is -0.633. The Morgan fingerprint density at radius 3 is 2.61 bits per heavy atom. The Labute approximate surface area is 159 Å². The molecule has 9 heteroatoms. The summed E-state index contributed by atoms with van der Waals surface area (Å²) in [5.41, 5.74) is 7.61. The molecule has 0 fully saturated rings. The van der Waals surface area contributed by atoms with Gasteiger partial charge in [0.1, 0.15) is 11.5 Å². The number of nitrogens with two attached hydrogens (primary N) is 1. The molecule has 0 saturated heterocycles. The number of halogens is 1. The lowest BCUT2D eigenvalue weighted by molar-refractivity contribution is -0.383. The molecule has 2 aromatic carbocycles. The average molecular weight is 383 g/mol. The molecule has 1 atom stereocenters. The lowest BCUT2D eigenvalue weighted by atomic mass is 10.1. The second kappa shape index (κ2) is 7.47. The van der Waals surface area contributed by atoms with Gasteiger partial charge in [0, 0.05) is 22.9 Å². The van der Waals surface area contributed by atoms with Crippen LogP contribution >= 0.6 is 0 Å². The van der Waals surface area contributed by atoms with Gasteiger partial charge < -0.3 is 11.1 Å². The first-order chi connectivity index (χ1) is 13.3. The van der Waals surface area contributed by atoms with Gasteiger partial charge in [0.15, 0.2) is 0 Å². The summed E-state index contributed by atoms with van der Waals surface area (Å²) in [6.07, 6.45) is 1.62. The number of nitro groups is 1. The van der Waals surface area contributed by atoms with Gasteiger partial charge in [0.25, 0.3) is 11.6 Å². The first kappa shape index (κ1) is 19.0. The zero-order valence-corrected chi connectivity index (χ0v) is 15.2. The maximum absolute atomic E-state index is 13.1. The van der Waals surface area contributed by atoms with Gasteiger partial charge in [-0.1, -0.05) is 0 Å². The number of aromatic nitrogens is 2. The van der Waals surface area contributed by atoms with Crippen LogP contribution in [0.4, 0.5) is 15.8 Å². The molecule has 1 aromatic heterocycles. The Hall–Kier alpha value is -3.75. The summed E-state index contributed by atoms with van der Waals surface area (Å²) in [4.78, 5) is 22.9. The van der Waals surface area contributed by atoms with Crippen LogP contribution in [0.1, 0.15) is 34.6 Å². The third-order valence-corrected chi connectivity index (χ3v) is 4.42. The number of nitrogens with zero attached hydrogens (tertiary/aromatic N) is 3. The number of carbonyl (C=O) groups excluding carboxylic acids is 1. The highest BCUT2D eigenvalue weighted by atomic mass is 19.1. The predicted molar refractivity (Wildman–Crippen MR) is 102 cm³/mol. The van der Waals surface area contributed by atoms with Crippen LogP contribution in [0.5, 0.6) is 0 Å². The van der Waals surface area contributed by atoms with Crippen LogP contribution in [-0.2, 0) is 0 Å². The summed E-state index contributed by atoms with van der Waals surface area (Å²) >= 11 is 0. The molecule has 0 aliphatic rings. The lowest BCUT2D eigenvalue weighted by Crippen LogP contribution is -2.27. The maximum Gasteiger partial charge on any atom is 0.292 e. The fraction of sp³-hybridized carbons (Fsp3) is 0.158. The molecule has 0 aliphatic carbocycles. The zero-order chi connectivity index (χ0) is 20.4. The van der Waals surface area contributed by atoms with Crippen LogP contribution in [0, 0.1) is 22.9 Å². The van der Waals surface area contributed by atoms with Crippen molar-refractivity contribution in [3.8, 4) is 5.69 Å². The van der Waals surface area contributed by atoms with Crippen molar-refractivity contribution in [2.75, 3.05) is 5.73 Å². The van der Waals surface area contributed by atoms with Gasteiger partial charge in [0.05, 0.1) is 22.8 Å². The first-order valence-electron chi connectivity index (χ1n) is 8.43. The number of nitro benzene ring substituents is 1. The number of carbonyl (C=O) groups is 1. The number of rotatable bonds is 5. The molecule has 1 heterocycles. The molecule has 0 aliphatic heterocycles. The molecule has 0 radical (unpaired) electrons. The number of hydrogen-bond donors (Lipinski definition) is 2. The van der Waals surface area contributed by atoms with E-state index in [1.807, 2.05) is 6.92 Å². The number of anilines is 1. The van der Waals surface area contributed by atoms with Crippen LogP contribution in [0.3, 0.4) is 0 Å². The summed E-state index contributed by atoms with van der Waals surface area (Å²) < 4.78 is 14.8. The molecule has 0 unspecified atom stereocenters. The SMILES string of the molecule is Cc1c([C@@H](C)NC(=O)c2ccc(N)c([N+](=O)[O-])c2)cnn1-c1ccc(F)cc1. The van der Waals surface area contributed by atoms with Gasteiger partial charge in [-0.2, -0.15) is 5.10 Å². The van der Waals surface area contributed by atoms with E-state index in [4.69, 9.17) is 5.73 Å². The third kappa shape index (κ3) is 3.68. The second-order valence-corrected chi connectivity index (χ2v) is 6.30. The molecular formula is C19H18FN5O3. The Kier molecular flexibility index (Phi) is 5.08. The molecular weight excluding hydrogens is 365 g/mol. The first-order valence-corrected chi connectivity index (χ1v) is 8.43. The number of hydrogen-bond acceptors (Lipinski definition) is 5. The Morgan fingerprint density at radius 1 is 1.29 bits per heavy atom. The van der Waals surface area contributed by atoms with Crippen LogP contribution in [0.2, 0.25) is 0 Å². The normalized spacial score (nSPS) is 11.8. The highest BCUT2D eigenvalue weighted by Crippen LogP contribution is 2.24. The van der Waals surface area contributed by atoms with Gasteiger partial charge in [-0.05, 0) is 50.2 Å². The highest BCUT2D eigenvalue weighted by molar-refractivity contribution is 5.95. The minimum Gasteiger partial charge on any atom is -0.393 e. The molecule has 8 nitrogen and oxygen atoms in total. The van der Waals surface area contributed by atoms with Gasteiger partial charge in [0.2, 0.25) is 0 Å². The molecule has 0 bridgehead atoms. The summed E-state index contributed by atoms with van der Waals surface area (Å²) in [5.74, 6) is -0.809. The van der Waals surface area contributed by atoms with E-state index in [9.17, 15) is 19.3 Å². The van der Waals surface area contributed by atoms with Crippen molar-refractivity contribution >= 4 is 17.3 Å². The van der Waals surface area contributed by atoms with Gasteiger partial charge in [-0.3, -0.25) is 14.9 Å². The van der Waals surface area contributed by atoms with Crippen LogP contribution in [0.25, 0.3) is 5.69 Å². The van der Waals surface area contributed by atoms with E-state index in [-0.39, 0.29) is 22.8 Å². The van der Waals surface area contributed by atoms with E-state index in [1.165, 1.54) is 24.3 Å². The van der Waals surface area contributed by atoms with E-state index in [1.54, 1.807) is 29.9 Å². The molecule has 0 saturated carbocycles. The van der Waals surface area contributed by atoms with Crippen molar-refractivity contribution in [3.05, 3.63) is 81.4 Å². The van der Waals surface area contributed by atoms with Crippen molar-refractivity contribution in [3.63, 3.8) is 0 Å². The third-order valence-electron chi connectivity index (χ3n) is 4.42. The summed E-state index contributed by atoms with van der Waals surface area (Å²) in [6, 6.07) is 9.40. The number of amides is 1. The molecule has 0 spiro atoms. The van der Waals surface area contributed by atoms with E-state index in [0.717, 1.165) is 17.3 Å². The Balaban J connectivity index is 1.81. The monoisotopic (exact) mass is 383 g/mol. The molecule has 3 aromatic rings. The molecule has 1 amide bonds. The van der Waals surface area contributed by atoms with Crippen LogP contribution < -0.4 is 11.1 Å². The van der Waals surface area contributed by atoms with E-state index in [2.05, 4.69) is 10.4 Å². The quantitative estimate of drug-likeness (QED) is 0.398. The van der Waals surface area contributed by atoms with E-state index >= 15 is 0 Å². The van der Waals surface area contributed by atoms with Crippen LogP contribution in [0.15, 0.2) is 48.7 Å². The highest BCUT2D eigenvalue weighted by Gasteiger charge is 2.20. The fourth-order valence-electron chi connectivity index (χ4n) is 2.89. The lowest BCUT2D eigenvalue weighted by Gasteiger charge is -2.14. The van der Waals surface area contributed by atoms with Crippen molar-refractivity contribution < 1.29 is 14.1 Å². The standard InChI is InChI=1S/C19H18FN5O3/c1-11(23-19(26)13-3-8-17(21)18(9-13)25(27)28)16-10-22-24(12(16)2)15-6-4-14(20)5-7-15/h3-11H,21H2,1-2H3,(H,23,26)/t11-/m1/s1. The van der Waals surface area contributed by atoms with E-state index in [0.29, 0.717) is 5.69 Å². The van der Waals surface area contributed by atoms with E-state index < -0.39 is 16.9 Å². The summed E-state index contributed by atoms with van der Waals surface area (Å²) in [5, 5.41) is 18.1. The summed E-state index contributed by atoms with van der Waals surface area (Å²) in [6.45, 7) is 3.62. The van der Waals surface area contributed by atoms with Crippen molar-refractivity contribution in [2.45, 2.75) is 19.9 Å². The molecule has 28 heavy (non-hydrogen) atoms. The van der Waals surface area contributed by atoms with Gasteiger partial charge in [-0.25, -0.2) is 9.07 Å². The number of nitrogen functional groups attached to an aromatic ring is 1. The molecule has 3 N–H and O–H groups in total. The van der Waals surface area contributed by atoms with Crippen molar-refractivity contribution in [1.82, 2.24) is 15.1 Å². The Morgan fingerprint density at radius 2 is 1.96 bits per heavy atom. The summed E-state index contributed by atoms with van der Waals surface area (Å²) in [7, 11) is 0. The number of benzene rings is 2. The van der Waals surface area contributed by atoms with Crippen molar-refractivity contribution in [2.24, 2.45) is 0 Å². The fourth-order valence-corrected chi connectivity index (χ4v) is 2.89. The smallest absolute Gasteiger partial charge is 0.292 e. The maximum atomic E-state index is 13.1. The number of nitrogens with one attached hydrogen (secondary N) is 1. The van der Waals surface area contributed by atoms with Crippen molar-refractivity contribution in [1.29, 1.82) is 0 Å². The minimum absolute atomic E-state index is 0.00832. The Bertz CT molecular complexity index is 1050. The molecule has 3 rings (SSSR count). The van der Waals surface area contributed by atoms with Gasteiger partial charge >= 0.3 is 0 Å². The van der Waals surface area contributed by atoms with Crippen LogP contribution in [-0.4, -0.2) is 20.6 Å². The predicted octanol–water partition coefficient (Wildman–Crippen LogP) is 3.30.